The van der Waals surface area contributed by atoms with Crippen molar-refractivity contribution in [2.24, 2.45) is 0 Å². The topological polar surface area (TPSA) is 35.5 Å². The lowest BCUT2D eigenvalue weighted by Gasteiger charge is -2.15. The first-order chi connectivity index (χ1) is 8.33. The summed E-state index contributed by atoms with van der Waals surface area (Å²) in [5.74, 6) is -0.0444. The highest BCUT2D eigenvalue weighted by molar-refractivity contribution is 5.69. The van der Waals surface area contributed by atoms with Gasteiger partial charge in [-0.05, 0) is 38.5 Å². The average Bonchev–Trinajstić information content (AvgIpc) is 2.57. The van der Waals surface area contributed by atoms with Crippen molar-refractivity contribution in [3.63, 3.8) is 0 Å². The van der Waals surface area contributed by atoms with Crippen LogP contribution in [0.4, 0.5) is 0 Å². The Balaban J connectivity index is 2.03. The zero-order valence-corrected chi connectivity index (χ0v) is 11.1. The van der Waals surface area contributed by atoms with Gasteiger partial charge in [-0.25, -0.2) is 0 Å². The molecule has 100 valence electrons. The van der Waals surface area contributed by atoms with E-state index in [-0.39, 0.29) is 12.1 Å². The van der Waals surface area contributed by atoms with Gasteiger partial charge in [-0.15, -0.1) is 0 Å². The van der Waals surface area contributed by atoms with Crippen LogP contribution in [0, 0.1) is 0 Å². The van der Waals surface area contributed by atoms with Crippen LogP contribution in [0.1, 0.15) is 64.7 Å². The fourth-order valence-electron chi connectivity index (χ4n) is 2.17. The summed E-state index contributed by atoms with van der Waals surface area (Å²) in [4.78, 5) is 11.6. The summed E-state index contributed by atoms with van der Waals surface area (Å²) in [7, 11) is 0. The van der Waals surface area contributed by atoms with Crippen molar-refractivity contribution in [2.75, 3.05) is 13.2 Å². The predicted molar refractivity (Wildman–Crippen MR) is 67.9 cm³/mol. The minimum Gasteiger partial charge on any atom is -0.462 e. The third-order valence-corrected chi connectivity index (χ3v) is 3.12. The molecule has 3 heteroatoms. The lowest BCUT2D eigenvalue weighted by Crippen LogP contribution is -2.17. The summed E-state index contributed by atoms with van der Waals surface area (Å²) in [5.41, 5.74) is 0. The largest absolute Gasteiger partial charge is 0.462 e. The molecule has 0 radical (unpaired) electrons. The molecule has 0 amide bonds. The number of esters is 1. The van der Waals surface area contributed by atoms with Gasteiger partial charge in [-0.3, -0.25) is 4.79 Å². The fourth-order valence-corrected chi connectivity index (χ4v) is 2.17. The van der Waals surface area contributed by atoms with Gasteiger partial charge >= 0.3 is 5.97 Å². The molecule has 0 bridgehead atoms. The molecule has 1 saturated carbocycles. The second kappa shape index (κ2) is 9.46. The van der Waals surface area contributed by atoms with Gasteiger partial charge in [-0.1, -0.05) is 19.8 Å². The highest BCUT2D eigenvalue weighted by Crippen LogP contribution is 2.20. The van der Waals surface area contributed by atoms with Crippen molar-refractivity contribution in [3.05, 3.63) is 0 Å². The van der Waals surface area contributed by atoms with Crippen LogP contribution in [-0.2, 0) is 14.3 Å². The molecule has 0 aromatic rings. The second-order valence-corrected chi connectivity index (χ2v) is 4.82. The highest BCUT2D eigenvalue weighted by atomic mass is 16.5. The molecular weight excluding hydrogens is 216 g/mol. The van der Waals surface area contributed by atoms with E-state index in [1.165, 1.54) is 25.7 Å². The smallest absolute Gasteiger partial charge is 0.306 e. The normalized spacial score (nSPS) is 17.7. The summed E-state index contributed by atoms with van der Waals surface area (Å²) in [6.07, 6.45) is 9.60. The number of carbonyl (C=O) groups is 1. The third-order valence-electron chi connectivity index (χ3n) is 3.12. The molecule has 0 atom stereocenters. The quantitative estimate of drug-likeness (QED) is 0.389. The molecule has 0 N–H and O–H groups in total. The average molecular weight is 242 g/mol. The Hall–Kier alpha value is -0.570. The van der Waals surface area contributed by atoms with E-state index >= 15 is 0 Å². The van der Waals surface area contributed by atoms with E-state index in [0.29, 0.717) is 13.0 Å². The molecule has 0 saturated heterocycles. The molecule has 1 aliphatic rings. The Morgan fingerprint density at radius 2 is 1.82 bits per heavy atom. The zero-order chi connectivity index (χ0) is 12.3. The van der Waals surface area contributed by atoms with Gasteiger partial charge in [0.1, 0.15) is 6.10 Å². The van der Waals surface area contributed by atoms with E-state index < -0.39 is 0 Å². The van der Waals surface area contributed by atoms with Gasteiger partial charge in [0.2, 0.25) is 0 Å². The number of carbonyl (C=O) groups excluding carboxylic acids is 1. The molecule has 0 aliphatic heterocycles. The van der Waals surface area contributed by atoms with Crippen LogP contribution < -0.4 is 0 Å². The van der Waals surface area contributed by atoms with Crippen LogP contribution >= 0.6 is 0 Å². The summed E-state index contributed by atoms with van der Waals surface area (Å²) in [5, 5.41) is 0. The number of hydrogen-bond acceptors (Lipinski definition) is 3. The first-order valence-corrected chi connectivity index (χ1v) is 7.10. The zero-order valence-electron chi connectivity index (χ0n) is 11.1. The van der Waals surface area contributed by atoms with Crippen molar-refractivity contribution in [1.82, 2.24) is 0 Å². The fraction of sp³-hybridized carbons (Fsp3) is 0.929. The van der Waals surface area contributed by atoms with Gasteiger partial charge in [0.15, 0.2) is 0 Å². The molecule has 0 aromatic carbocycles. The molecule has 1 aliphatic carbocycles. The molecule has 0 unspecified atom stereocenters. The van der Waals surface area contributed by atoms with Gasteiger partial charge < -0.3 is 9.47 Å². The molecule has 3 nitrogen and oxygen atoms in total. The van der Waals surface area contributed by atoms with Crippen LogP contribution in [0.25, 0.3) is 0 Å². The van der Waals surface area contributed by atoms with E-state index in [2.05, 4.69) is 6.92 Å². The highest BCUT2D eigenvalue weighted by Gasteiger charge is 2.16. The summed E-state index contributed by atoms with van der Waals surface area (Å²) < 4.78 is 10.8. The Kier molecular flexibility index (Phi) is 8.06. The summed E-state index contributed by atoms with van der Waals surface area (Å²) in [6.45, 7) is 3.55. The van der Waals surface area contributed by atoms with Gasteiger partial charge in [0, 0.05) is 19.6 Å². The van der Waals surface area contributed by atoms with Crippen LogP contribution in [-0.4, -0.2) is 25.3 Å². The van der Waals surface area contributed by atoms with Crippen LogP contribution in [0.3, 0.4) is 0 Å². The van der Waals surface area contributed by atoms with Gasteiger partial charge in [0.05, 0.1) is 0 Å². The monoisotopic (exact) mass is 242 g/mol. The SMILES string of the molecule is CCCOCCCC(=O)OC1CCCCCC1. The van der Waals surface area contributed by atoms with E-state index in [4.69, 9.17) is 9.47 Å². The number of hydrogen-bond donors (Lipinski definition) is 0. The second-order valence-electron chi connectivity index (χ2n) is 4.82. The summed E-state index contributed by atoms with van der Waals surface area (Å²) in [6, 6.07) is 0. The lowest BCUT2D eigenvalue weighted by molar-refractivity contribution is -0.150. The number of rotatable bonds is 7. The Labute approximate surface area is 105 Å². The van der Waals surface area contributed by atoms with Crippen molar-refractivity contribution < 1.29 is 14.3 Å². The molecule has 0 spiro atoms. The lowest BCUT2D eigenvalue weighted by atomic mass is 10.1. The van der Waals surface area contributed by atoms with Crippen LogP contribution in [0.2, 0.25) is 0 Å². The Bertz CT molecular complexity index is 196. The Morgan fingerprint density at radius 1 is 1.12 bits per heavy atom. The predicted octanol–water partition coefficient (Wildman–Crippen LogP) is 3.46. The van der Waals surface area contributed by atoms with E-state index in [9.17, 15) is 4.79 Å². The van der Waals surface area contributed by atoms with Crippen molar-refractivity contribution in [1.29, 1.82) is 0 Å². The standard InChI is InChI=1S/C14H26O3/c1-2-11-16-12-7-10-14(15)17-13-8-5-3-4-6-9-13/h13H,2-12H2,1H3. The molecule has 17 heavy (non-hydrogen) atoms. The van der Waals surface area contributed by atoms with Crippen LogP contribution in [0.15, 0.2) is 0 Å². The van der Waals surface area contributed by atoms with E-state index in [0.717, 1.165) is 32.3 Å². The minimum atomic E-state index is -0.0444. The molecule has 1 fully saturated rings. The van der Waals surface area contributed by atoms with Gasteiger partial charge in [0.25, 0.3) is 0 Å². The first kappa shape index (κ1) is 14.5. The van der Waals surface area contributed by atoms with Crippen molar-refractivity contribution >= 4 is 5.97 Å². The maximum Gasteiger partial charge on any atom is 0.306 e. The third kappa shape index (κ3) is 7.37. The van der Waals surface area contributed by atoms with Crippen molar-refractivity contribution in [3.8, 4) is 0 Å². The van der Waals surface area contributed by atoms with Crippen molar-refractivity contribution in [2.45, 2.75) is 70.8 Å². The van der Waals surface area contributed by atoms with Crippen LogP contribution in [0.5, 0.6) is 0 Å². The maximum atomic E-state index is 11.6. The maximum absolute atomic E-state index is 11.6. The van der Waals surface area contributed by atoms with Gasteiger partial charge in [-0.2, -0.15) is 0 Å². The molecule has 0 aromatic heterocycles. The summed E-state index contributed by atoms with van der Waals surface area (Å²) >= 11 is 0. The Morgan fingerprint density at radius 3 is 2.47 bits per heavy atom. The first-order valence-electron chi connectivity index (χ1n) is 7.10. The molecule has 0 heterocycles. The number of ether oxygens (including phenoxy) is 2. The molecule has 1 rings (SSSR count). The molecular formula is C14H26O3. The van der Waals surface area contributed by atoms with E-state index in [1.807, 2.05) is 0 Å². The minimum absolute atomic E-state index is 0.0444. The van der Waals surface area contributed by atoms with E-state index in [1.54, 1.807) is 0 Å².